The molecule has 1 amide bonds. The predicted molar refractivity (Wildman–Crippen MR) is 120 cm³/mol. The molecule has 3 aromatic carbocycles. The molecule has 0 radical (unpaired) electrons. The van der Waals surface area contributed by atoms with Gasteiger partial charge in [-0.2, -0.15) is 0 Å². The predicted octanol–water partition coefficient (Wildman–Crippen LogP) is 4.70. The Labute approximate surface area is 175 Å². The zero-order chi connectivity index (χ0) is 21.1. The van der Waals surface area contributed by atoms with Crippen LogP contribution < -0.4 is 5.32 Å². The van der Waals surface area contributed by atoms with E-state index in [0.717, 1.165) is 22.2 Å². The summed E-state index contributed by atoms with van der Waals surface area (Å²) in [6, 6.07) is 25.9. The van der Waals surface area contributed by atoms with Gasteiger partial charge < -0.3 is 5.32 Å². The molecule has 0 bridgehead atoms. The Morgan fingerprint density at radius 1 is 0.900 bits per heavy atom. The largest absolute Gasteiger partial charge is 0.321 e. The number of sulfone groups is 1. The topological polar surface area (TPSA) is 76.1 Å². The van der Waals surface area contributed by atoms with Gasteiger partial charge in [-0.1, -0.05) is 60.7 Å². The maximum Gasteiger partial charge on any atom is 0.255 e. The summed E-state index contributed by atoms with van der Waals surface area (Å²) in [6.45, 7) is 0. The van der Waals surface area contributed by atoms with Crippen LogP contribution in [0.5, 0.6) is 0 Å². The van der Waals surface area contributed by atoms with E-state index in [0.29, 0.717) is 16.8 Å². The first-order valence-electron chi connectivity index (χ1n) is 9.42. The lowest BCUT2D eigenvalue weighted by molar-refractivity contribution is 0.102. The highest BCUT2D eigenvalue weighted by Crippen LogP contribution is 2.28. The minimum absolute atomic E-state index is 0.0513. The standard InChI is InChI=1S/C24H20N2O3S/c1-30(28,29)16-17-11-13-19(14-12-17)24(27)26-23-15-22(18-7-3-2-4-8-18)25-21-10-6-5-9-20(21)23/h2-15H,16H2,1H3,(H,25,26,27). The van der Waals surface area contributed by atoms with Crippen molar-refractivity contribution in [3.8, 4) is 11.3 Å². The van der Waals surface area contributed by atoms with Crippen LogP contribution in [0.1, 0.15) is 15.9 Å². The number of carbonyl (C=O) groups is 1. The fraction of sp³-hybridized carbons (Fsp3) is 0.0833. The van der Waals surface area contributed by atoms with E-state index in [9.17, 15) is 13.2 Å². The average Bonchev–Trinajstić information content (AvgIpc) is 2.73. The van der Waals surface area contributed by atoms with Crippen molar-refractivity contribution in [1.29, 1.82) is 0 Å². The van der Waals surface area contributed by atoms with Gasteiger partial charge >= 0.3 is 0 Å². The lowest BCUT2D eigenvalue weighted by Crippen LogP contribution is -2.12. The highest BCUT2D eigenvalue weighted by atomic mass is 32.2. The third-order valence-corrected chi connectivity index (χ3v) is 5.54. The Kier molecular flexibility index (Phi) is 5.33. The molecule has 0 atom stereocenters. The van der Waals surface area contributed by atoms with Crippen molar-refractivity contribution >= 4 is 32.3 Å². The molecule has 30 heavy (non-hydrogen) atoms. The number of carbonyl (C=O) groups excluding carboxylic acids is 1. The second-order valence-electron chi connectivity index (χ2n) is 7.16. The van der Waals surface area contributed by atoms with Crippen molar-refractivity contribution < 1.29 is 13.2 Å². The van der Waals surface area contributed by atoms with Crippen LogP contribution in [0.15, 0.2) is 84.9 Å². The molecule has 0 saturated carbocycles. The van der Waals surface area contributed by atoms with Crippen molar-refractivity contribution in [3.63, 3.8) is 0 Å². The van der Waals surface area contributed by atoms with Crippen LogP contribution in [0, 0.1) is 0 Å². The van der Waals surface area contributed by atoms with Gasteiger partial charge in [0.25, 0.3) is 5.91 Å². The summed E-state index contributed by atoms with van der Waals surface area (Å²) in [5.74, 6) is -0.319. The maximum absolute atomic E-state index is 12.9. The molecule has 1 N–H and O–H groups in total. The van der Waals surface area contributed by atoms with Gasteiger partial charge in [0.05, 0.1) is 22.7 Å². The molecule has 5 nitrogen and oxygen atoms in total. The van der Waals surface area contributed by atoms with Gasteiger partial charge in [-0.15, -0.1) is 0 Å². The molecule has 4 rings (SSSR count). The van der Waals surface area contributed by atoms with Crippen LogP contribution in [-0.2, 0) is 15.6 Å². The van der Waals surface area contributed by atoms with Gasteiger partial charge in [-0.25, -0.2) is 13.4 Å². The van der Waals surface area contributed by atoms with Crippen LogP contribution in [0.4, 0.5) is 5.69 Å². The number of rotatable bonds is 5. The minimum Gasteiger partial charge on any atom is -0.321 e. The smallest absolute Gasteiger partial charge is 0.255 e. The first kappa shape index (κ1) is 19.8. The molecular weight excluding hydrogens is 396 g/mol. The highest BCUT2D eigenvalue weighted by Gasteiger charge is 2.12. The molecule has 0 unspecified atom stereocenters. The van der Waals surface area contributed by atoms with Gasteiger partial charge in [-0.3, -0.25) is 4.79 Å². The number of nitrogens with zero attached hydrogens (tertiary/aromatic N) is 1. The van der Waals surface area contributed by atoms with Crippen molar-refractivity contribution in [1.82, 2.24) is 4.98 Å². The van der Waals surface area contributed by atoms with E-state index in [4.69, 9.17) is 4.98 Å². The second-order valence-corrected chi connectivity index (χ2v) is 9.30. The van der Waals surface area contributed by atoms with E-state index in [1.807, 2.05) is 60.7 Å². The molecule has 1 aromatic heterocycles. The molecular formula is C24H20N2O3S. The first-order valence-corrected chi connectivity index (χ1v) is 11.5. The number of benzene rings is 3. The molecule has 0 fully saturated rings. The Morgan fingerprint density at radius 3 is 2.27 bits per heavy atom. The van der Waals surface area contributed by atoms with Crippen molar-refractivity contribution in [2.75, 3.05) is 11.6 Å². The third kappa shape index (κ3) is 4.55. The van der Waals surface area contributed by atoms with E-state index >= 15 is 0 Å². The molecule has 0 spiro atoms. The molecule has 0 saturated heterocycles. The van der Waals surface area contributed by atoms with Gasteiger partial charge in [0, 0.05) is 22.8 Å². The lowest BCUT2D eigenvalue weighted by Gasteiger charge is -2.12. The van der Waals surface area contributed by atoms with Crippen LogP contribution in [0.3, 0.4) is 0 Å². The quantitative estimate of drug-likeness (QED) is 0.512. The Hall–Kier alpha value is -3.51. The fourth-order valence-electron chi connectivity index (χ4n) is 3.29. The number of hydrogen-bond acceptors (Lipinski definition) is 4. The van der Waals surface area contributed by atoms with Crippen LogP contribution >= 0.6 is 0 Å². The SMILES string of the molecule is CS(=O)(=O)Cc1ccc(C(=O)Nc2cc(-c3ccccc3)nc3ccccc23)cc1. The normalized spacial score (nSPS) is 11.4. The first-order chi connectivity index (χ1) is 14.4. The summed E-state index contributed by atoms with van der Waals surface area (Å²) in [5.41, 5.74) is 4.29. The molecule has 0 aliphatic carbocycles. The molecule has 150 valence electrons. The zero-order valence-corrected chi connectivity index (χ0v) is 17.2. The monoisotopic (exact) mass is 416 g/mol. The Balaban J connectivity index is 1.67. The van der Waals surface area contributed by atoms with E-state index in [1.165, 1.54) is 6.26 Å². The molecule has 6 heteroatoms. The van der Waals surface area contributed by atoms with Crippen molar-refractivity contribution in [2.45, 2.75) is 5.75 Å². The second kappa shape index (κ2) is 8.08. The minimum atomic E-state index is -3.12. The molecule has 4 aromatic rings. The summed E-state index contributed by atoms with van der Waals surface area (Å²) in [5, 5.41) is 3.83. The summed E-state index contributed by atoms with van der Waals surface area (Å²) < 4.78 is 22.9. The third-order valence-electron chi connectivity index (χ3n) is 4.68. The summed E-state index contributed by atoms with van der Waals surface area (Å²) >= 11 is 0. The van der Waals surface area contributed by atoms with Gasteiger partial charge in [0.15, 0.2) is 9.84 Å². The number of anilines is 1. The highest BCUT2D eigenvalue weighted by molar-refractivity contribution is 7.89. The summed E-state index contributed by atoms with van der Waals surface area (Å²) in [4.78, 5) is 17.6. The number of amides is 1. The lowest BCUT2D eigenvalue weighted by atomic mass is 10.1. The number of aromatic nitrogens is 1. The van der Waals surface area contributed by atoms with Gasteiger partial charge in [0.1, 0.15) is 0 Å². The number of para-hydroxylation sites is 1. The number of nitrogens with one attached hydrogen (secondary N) is 1. The van der Waals surface area contributed by atoms with E-state index in [2.05, 4.69) is 5.32 Å². The van der Waals surface area contributed by atoms with Crippen LogP contribution in [0.2, 0.25) is 0 Å². The average molecular weight is 417 g/mol. The van der Waals surface area contributed by atoms with Crippen LogP contribution in [0.25, 0.3) is 22.2 Å². The van der Waals surface area contributed by atoms with Crippen molar-refractivity contribution in [3.05, 3.63) is 96.1 Å². The molecule has 1 heterocycles. The Bertz CT molecular complexity index is 1320. The molecule has 0 aliphatic rings. The Morgan fingerprint density at radius 2 is 1.57 bits per heavy atom. The van der Waals surface area contributed by atoms with E-state index in [-0.39, 0.29) is 11.7 Å². The maximum atomic E-state index is 12.9. The number of fused-ring (bicyclic) bond motifs is 1. The van der Waals surface area contributed by atoms with Gasteiger partial charge in [-0.05, 0) is 29.8 Å². The van der Waals surface area contributed by atoms with Crippen LogP contribution in [-0.4, -0.2) is 25.6 Å². The number of hydrogen-bond donors (Lipinski definition) is 1. The van der Waals surface area contributed by atoms with E-state index in [1.54, 1.807) is 24.3 Å². The molecule has 0 aliphatic heterocycles. The summed E-state index contributed by atoms with van der Waals surface area (Å²) in [6.07, 6.45) is 1.19. The summed E-state index contributed by atoms with van der Waals surface area (Å²) in [7, 11) is -3.12. The fourth-order valence-corrected chi connectivity index (χ4v) is 4.08. The number of pyridine rings is 1. The van der Waals surface area contributed by atoms with Gasteiger partial charge in [0.2, 0.25) is 0 Å². The zero-order valence-electron chi connectivity index (χ0n) is 16.4. The van der Waals surface area contributed by atoms with E-state index < -0.39 is 9.84 Å². The van der Waals surface area contributed by atoms with Crippen molar-refractivity contribution in [2.24, 2.45) is 0 Å².